The van der Waals surface area contributed by atoms with E-state index < -0.39 is 0 Å². The SMILES string of the molecule is CC(C(=O)Nc1ncc(Br)cc1C)=C1CNC1. The summed E-state index contributed by atoms with van der Waals surface area (Å²) in [5.74, 6) is 0.546. The highest BCUT2D eigenvalue weighted by atomic mass is 79.9. The quantitative estimate of drug-likeness (QED) is 0.821. The number of rotatable bonds is 2. The van der Waals surface area contributed by atoms with Gasteiger partial charge in [-0.1, -0.05) is 0 Å². The number of amides is 1. The number of aromatic nitrogens is 1. The van der Waals surface area contributed by atoms with Crippen molar-refractivity contribution < 1.29 is 4.79 Å². The van der Waals surface area contributed by atoms with Gasteiger partial charge in [0, 0.05) is 29.3 Å². The fourth-order valence-corrected chi connectivity index (χ4v) is 1.99. The van der Waals surface area contributed by atoms with Gasteiger partial charge in [-0.15, -0.1) is 0 Å². The summed E-state index contributed by atoms with van der Waals surface area (Å²) in [7, 11) is 0. The molecule has 0 bridgehead atoms. The summed E-state index contributed by atoms with van der Waals surface area (Å²) in [5.41, 5.74) is 2.89. The van der Waals surface area contributed by atoms with Crippen molar-refractivity contribution in [1.29, 1.82) is 0 Å². The number of nitrogens with zero attached hydrogens (tertiary/aromatic N) is 1. The number of pyridine rings is 1. The van der Waals surface area contributed by atoms with E-state index in [1.165, 1.54) is 0 Å². The molecule has 0 spiro atoms. The molecule has 1 amide bonds. The molecule has 0 radical (unpaired) electrons. The Hall–Kier alpha value is -1.20. The van der Waals surface area contributed by atoms with Crippen LogP contribution in [-0.4, -0.2) is 24.0 Å². The Bertz CT molecular complexity index is 491. The number of carbonyl (C=O) groups is 1. The van der Waals surface area contributed by atoms with Crippen molar-refractivity contribution in [2.75, 3.05) is 18.4 Å². The van der Waals surface area contributed by atoms with Crippen LogP contribution in [0.5, 0.6) is 0 Å². The van der Waals surface area contributed by atoms with E-state index in [4.69, 9.17) is 0 Å². The lowest BCUT2D eigenvalue weighted by atomic mass is 10.0. The molecule has 1 saturated heterocycles. The summed E-state index contributed by atoms with van der Waals surface area (Å²) < 4.78 is 0.909. The van der Waals surface area contributed by atoms with Gasteiger partial charge in [-0.3, -0.25) is 4.79 Å². The van der Waals surface area contributed by atoms with E-state index in [2.05, 4.69) is 31.5 Å². The lowest BCUT2D eigenvalue weighted by molar-refractivity contribution is -0.112. The lowest BCUT2D eigenvalue weighted by Gasteiger charge is -2.21. The molecule has 1 aromatic heterocycles. The Kier molecular flexibility index (Phi) is 3.59. The maximum atomic E-state index is 11.9. The number of anilines is 1. The standard InChI is InChI=1S/C12H14BrN3O/c1-7-3-10(13)6-15-11(7)16-12(17)8(2)9-4-14-5-9/h3,6,14H,4-5H2,1-2H3,(H,15,16,17). The third-order valence-corrected chi connectivity index (χ3v) is 3.26. The minimum Gasteiger partial charge on any atom is -0.309 e. The zero-order valence-corrected chi connectivity index (χ0v) is 11.4. The van der Waals surface area contributed by atoms with Crippen LogP contribution in [0.1, 0.15) is 12.5 Å². The molecule has 2 rings (SSSR count). The third-order valence-electron chi connectivity index (χ3n) is 2.82. The highest BCUT2D eigenvalue weighted by Crippen LogP contribution is 2.18. The molecule has 2 heterocycles. The van der Waals surface area contributed by atoms with E-state index in [0.29, 0.717) is 5.82 Å². The Morgan fingerprint density at radius 1 is 1.53 bits per heavy atom. The van der Waals surface area contributed by atoms with Crippen LogP contribution in [0, 0.1) is 6.92 Å². The van der Waals surface area contributed by atoms with Gasteiger partial charge in [0.1, 0.15) is 5.82 Å². The van der Waals surface area contributed by atoms with E-state index in [1.807, 2.05) is 19.9 Å². The average molecular weight is 296 g/mol. The molecule has 1 aliphatic rings. The van der Waals surface area contributed by atoms with Gasteiger partial charge >= 0.3 is 0 Å². The average Bonchev–Trinajstić information content (AvgIpc) is 2.19. The van der Waals surface area contributed by atoms with Crippen LogP contribution in [-0.2, 0) is 4.79 Å². The van der Waals surface area contributed by atoms with Crippen molar-refractivity contribution in [3.8, 4) is 0 Å². The second-order valence-electron chi connectivity index (χ2n) is 4.11. The van der Waals surface area contributed by atoms with Crippen LogP contribution < -0.4 is 10.6 Å². The molecule has 2 N–H and O–H groups in total. The van der Waals surface area contributed by atoms with Gasteiger partial charge in [-0.05, 0) is 47.0 Å². The Morgan fingerprint density at radius 3 is 2.76 bits per heavy atom. The van der Waals surface area contributed by atoms with Gasteiger partial charge in [-0.2, -0.15) is 0 Å². The molecular weight excluding hydrogens is 282 g/mol. The van der Waals surface area contributed by atoms with Crippen LogP contribution in [0.25, 0.3) is 0 Å². The molecule has 17 heavy (non-hydrogen) atoms. The van der Waals surface area contributed by atoms with Gasteiger partial charge < -0.3 is 10.6 Å². The van der Waals surface area contributed by atoms with Crippen molar-refractivity contribution in [2.45, 2.75) is 13.8 Å². The Balaban J connectivity index is 2.13. The lowest BCUT2D eigenvalue weighted by Crippen LogP contribution is -2.36. The molecule has 1 aliphatic heterocycles. The van der Waals surface area contributed by atoms with Crippen LogP contribution in [0.15, 0.2) is 27.9 Å². The topological polar surface area (TPSA) is 54.0 Å². The van der Waals surface area contributed by atoms with Crippen molar-refractivity contribution in [3.05, 3.63) is 33.4 Å². The minimum atomic E-state index is -0.0700. The van der Waals surface area contributed by atoms with Crippen LogP contribution in [0.2, 0.25) is 0 Å². The van der Waals surface area contributed by atoms with Crippen molar-refractivity contribution >= 4 is 27.7 Å². The minimum absolute atomic E-state index is 0.0700. The van der Waals surface area contributed by atoms with E-state index >= 15 is 0 Å². The summed E-state index contributed by atoms with van der Waals surface area (Å²) in [6.07, 6.45) is 1.68. The van der Waals surface area contributed by atoms with Crippen molar-refractivity contribution in [3.63, 3.8) is 0 Å². The summed E-state index contributed by atoms with van der Waals surface area (Å²) in [5, 5.41) is 5.95. The van der Waals surface area contributed by atoms with Gasteiger partial charge in [-0.25, -0.2) is 4.98 Å². The third kappa shape index (κ3) is 2.73. The number of nitrogens with one attached hydrogen (secondary N) is 2. The first kappa shape index (κ1) is 12.3. The molecule has 1 fully saturated rings. The molecule has 90 valence electrons. The molecule has 0 unspecified atom stereocenters. The molecule has 0 aromatic carbocycles. The Labute approximate surface area is 109 Å². The zero-order valence-electron chi connectivity index (χ0n) is 9.80. The fraction of sp³-hybridized carbons (Fsp3) is 0.333. The highest BCUT2D eigenvalue weighted by molar-refractivity contribution is 9.10. The second kappa shape index (κ2) is 4.98. The largest absolute Gasteiger partial charge is 0.309 e. The number of carbonyl (C=O) groups excluding carboxylic acids is 1. The molecular formula is C12H14BrN3O. The van der Waals surface area contributed by atoms with E-state index in [9.17, 15) is 4.79 Å². The number of hydrogen-bond acceptors (Lipinski definition) is 3. The second-order valence-corrected chi connectivity index (χ2v) is 5.02. The first-order valence-corrected chi connectivity index (χ1v) is 6.20. The summed E-state index contributed by atoms with van der Waals surface area (Å²) in [4.78, 5) is 16.1. The van der Waals surface area contributed by atoms with Crippen LogP contribution >= 0.6 is 15.9 Å². The summed E-state index contributed by atoms with van der Waals surface area (Å²) in [6, 6.07) is 1.93. The van der Waals surface area contributed by atoms with Crippen LogP contribution in [0.3, 0.4) is 0 Å². The normalized spacial score (nSPS) is 14.2. The van der Waals surface area contributed by atoms with Crippen LogP contribution in [0.4, 0.5) is 5.82 Å². The zero-order chi connectivity index (χ0) is 12.4. The fourth-order valence-electron chi connectivity index (χ4n) is 1.55. The Morgan fingerprint density at radius 2 is 2.24 bits per heavy atom. The van der Waals surface area contributed by atoms with Gasteiger partial charge in [0.2, 0.25) is 0 Å². The molecule has 0 saturated carbocycles. The molecule has 5 heteroatoms. The van der Waals surface area contributed by atoms with E-state index in [0.717, 1.165) is 34.3 Å². The summed E-state index contributed by atoms with van der Waals surface area (Å²) in [6.45, 7) is 5.39. The monoisotopic (exact) mass is 295 g/mol. The predicted molar refractivity (Wildman–Crippen MR) is 70.9 cm³/mol. The molecule has 1 aromatic rings. The van der Waals surface area contributed by atoms with E-state index in [-0.39, 0.29) is 5.91 Å². The van der Waals surface area contributed by atoms with Gasteiger partial charge in [0.05, 0.1) is 0 Å². The molecule has 0 aliphatic carbocycles. The van der Waals surface area contributed by atoms with Crippen molar-refractivity contribution in [1.82, 2.24) is 10.3 Å². The molecule has 0 atom stereocenters. The maximum Gasteiger partial charge on any atom is 0.252 e. The summed E-state index contributed by atoms with van der Waals surface area (Å²) >= 11 is 3.34. The first-order chi connectivity index (χ1) is 8.08. The number of halogens is 1. The number of aryl methyl sites for hydroxylation is 1. The van der Waals surface area contributed by atoms with E-state index in [1.54, 1.807) is 6.20 Å². The smallest absolute Gasteiger partial charge is 0.252 e. The van der Waals surface area contributed by atoms with Gasteiger partial charge in [0.25, 0.3) is 5.91 Å². The number of hydrogen-bond donors (Lipinski definition) is 2. The van der Waals surface area contributed by atoms with Crippen molar-refractivity contribution in [2.24, 2.45) is 0 Å². The highest BCUT2D eigenvalue weighted by Gasteiger charge is 2.16. The molecule has 4 nitrogen and oxygen atoms in total. The maximum absolute atomic E-state index is 11.9. The predicted octanol–water partition coefficient (Wildman–Crippen LogP) is 2.01. The van der Waals surface area contributed by atoms with Gasteiger partial charge in [0.15, 0.2) is 0 Å². The first-order valence-electron chi connectivity index (χ1n) is 5.41.